The number of aromatic hydroxyl groups is 1. The normalized spacial score (nSPS) is 12.9. The second-order valence-corrected chi connectivity index (χ2v) is 3.05. The molecule has 0 radical (unpaired) electrons. The molecule has 0 spiro atoms. The molecular formula is C10H12N2O2. The number of nitrogens with two attached hydrogens (primary N) is 1. The second kappa shape index (κ2) is 3.59. The maximum absolute atomic E-state index is 9.54. The standard InChI is InChI=1S/C10H12N2O2/c11-4-3-7-1-2-8(13)9-10(7)14-6-5-12-9/h1-2,5-6,12-13H,3-4,11H2. The molecule has 14 heavy (non-hydrogen) atoms. The maximum atomic E-state index is 9.54. The number of ether oxygens (including phenoxy) is 1. The fraction of sp³-hybridized carbons (Fsp3) is 0.200. The number of phenols is 1. The summed E-state index contributed by atoms with van der Waals surface area (Å²) in [5, 5.41) is 12.5. The first-order valence-corrected chi connectivity index (χ1v) is 4.46. The van der Waals surface area contributed by atoms with E-state index in [1.54, 1.807) is 18.5 Å². The fourth-order valence-corrected chi connectivity index (χ4v) is 1.46. The van der Waals surface area contributed by atoms with Crippen molar-refractivity contribution in [2.75, 3.05) is 11.9 Å². The Morgan fingerprint density at radius 2 is 2.29 bits per heavy atom. The first kappa shape index (κ1) is 8.90. The van der Waals surface area contributed by atoms with Crippen molar-refractivity contribution in [1.82, 2.24) is 0 Å². The van der Waals surface area contributed by atoms with Gasteiger partial charge < -0.3 is 20.9 Å². The summed E-state index contributed by atoms with van der Waals surface area (Å²) >= 11 is 0. The molecule has 0 saturated heterocycles. The molecule has 0 unspecified atom stereocenters. The molecule has 0 amide bonds. The second-order valence-electron chi connectivity index (χ2n) is 3.05. The van der Waals surface area contributed by atoms with E-state index >= 15 is 0 Å². The van der Waals surface area contributed by atoms with Gasteiger partial charge in [-0.3, -0.25) is 0 Å². The van der Waals surface area contributed by atoms with Crippen LogP contribution >= 0.6 is 0 Å². The molecule has 74 valence electrons. The van der Waals surface area contributed by atoms with E-state index in [2.05, 4.69) is 5.32 Å². The van der Waals surface area contributed by atoms with E-state index < -0.39 is 0 Å². The van der Waals surface area contributed by atoms with Gasteiger partial charge in [-0.05, 0) is 24.6 Å². The van der Waals surface area contributed by atoms with Crippen LogP contribution in [0.5, 0.6) is 11.5 Å². The predicted octanol–water partition coefficient (Wildman–Crippen LogP) is 1.17. The quantitative estimate of drug-likeness (QED) is 0.615. The fourth-order valence-electron chi connectivity index (χ4n) is 1.46. The highest BCUT2D eigenvalue weighted by Crippen LogP contribution is 2.38. The Morgan fingerprint density at radius 1 is 1.43 bits per heavy atom. The Morgan fingerprint density at radius 3 is 3.07 bits per heavy atom. The van der Waals surface area contributed by atoms with Gasteiger partial charge in [0.25, 0.3) is 0 Å². The zero-order chi connectivity index (χ0) is 9.97. The van der Waals surface area contributed by atoms with Crippen molar-refractivity contribution in [2.45, 2.75) is 6.42 Å². The van der Waals surface area contributed by atoms with Crippen LogP contribution in [0.1, 0.15) is 5.56 Å². The van der Waals surface area contributed by atoms with Crippen LogP contribution in [0, 0.1) is 0 Å². The molecule has 0 fully saturated rings. The van der Waals surface area contributed by atoms with Gasteiger partial charge in [-0.15, -0.1) is 0 Å². The van der Waals surface area contributed by atoms with Crippen LogP contribution < -0.4 is 15.8 Å². The zero-order valence-electron chi connectivity index (χ0n) is 7.66. The SMILES string of the molecule is NCCc1ccc(O)c2c1OC=CN2. The van der Waals surface area contributed by atoms with E-state index in [9.17, 15) is 5.11 Å². The largest absolute Gasteiger partial charge is 0.506 e. The summed E-state index contributed by atoms with van der Waals surface area (Å²) in [6.45, 7) is 0.560. The van der Waals surface area contributed by atoms with Crippen LogP contribution in [0.25, 0.3) is 0 Å². The number of benzene rings is 1. The molecule has 0 bridgehead atoms. The summed E-state index contributed by atoms with van der Waals surface area (Å²) in [6.07, 6.45) is 3.91. The van der Waals surface area contributed by atoms with Gasteiger partial charge in [0.05, 0.1) is 0 Å². The van der Waals surface area contributed by atoms with Gasteiger partial charge in [0, 0.05) is 6.20 Å². The van der Waals surface area contributed by atoms with Crippen molar-refractivity contribution < 1.29 is 9.84 Å². The van der Waals surface area contributed by atoms with Crippen molar-refractivity contribution in [3.05, 3.63) is 30.2 Å². The average Bonchev–Trinajstić information content (AvgIpc) is 2.23. The first-order chi connectivity index (χ1) is 6.83. The summed E-state index contributed by atoms with van der Waals surface area (Å²) in [7, 11) is 0. The van der Waals surface area contributed by atoms with Crippen LogP contribution in [-0.2, 0) is 6.42 Å². The third-order valence-electron chi connectivity index (χ3n) is 2.11. The molecule has 0 saturated carbocycles. The van der Waals surface area contributed by atoms with Crippen LogP contribution in [0.2, 0.25) is 0 Å². The minimum Gasteiger partial charge on any atom is -0.506 e. The van der Waals surface area contributed by atoms with E-state index in [1.807, 2.05) is 6.07 Å². The van der Waals surface area contributed by atoms with Gasteiger partial charge in [0.15, 0.2) is 5.75 Å². The lowest BCUT2D eigenvalue weighted by Crippen LogP contribution is -2.07. The van der Waals surface area contributed by atoms with E-state index in [4.69, 9.17) is 10.5 Å². The van der Waals surface area contributed by atoms with Crippen molar-refractivity contribution in [1.29, 1.82) is 0 Å². The predicted molar refractivity (Wildman–Crippen MR) is 54.3 cm³/mol. The number of anilines is 1. The molecule has 1 aromatic carbocycles. The molecule has 1 aliphatic heterocycles. The number of hydrogen-bond donors (Lipinski definition) is 3. The molecule has 2 rings (SSSR count). The number of phenolic OH excluding ortho intramolecular Hbond substituents is 1. The minimum absolute atomic E-state index is 0.185. The number of nitrogens with one attached hydrogen (secondary N) is 1. The van der Waals surface area contributed by atoms with Crippen LogP contribution in [-0.4, -0.2) is 11.7 Å². The molecule has 0 aromatic heterocycles. The van der Waals surface area contributed by atoms with E-state index in [0.29, 0.717) is 18.0 Å². The highest BCUT2D eigenvalue weighted by atomic mass is 16.5. The highest BCUT2D eigenvalue weighted by Gasteiger charge is 2.15. The van der Waals surface area contributed by atoms with Crippen molar-refractivity contribution in [3.63, 3.8) is 0 Å². The van der Waals surface area contributed by atoms with Crippen molar-refractivity contribution >= 4 is 5.69 Å². The Bertz CT molecular complexity index is 375. The summed E-state index contributed by atoms with van der Waals surface area (Å²) < 4.78 is 5.33. The molecule has 4 nitrogen and oxygen atoms in total. The van der Waals surface area contributed by atoms with E-state index in [0.717, 1.165) is 12.0 Å². The Labute approximate surface area is 82.0 Å². The third-order valence-corrected chi connectivity index (χ3v) is 2.11. The van der Waals surface area contributed by atoms with Gasteiger partial charge in [-0.1, -0.05) is 6.07 Å². The minimum atomic E-state index is 0.185. The third kappa shape index (κ3) is 1.40. The summed E-state index contributed by atoms with van der Waals surface area (Å²) in [4.78, 5) is 0. The number of rotatable bonds is 2. The molecule has 4 N–H and O–H groups in total. The Hall–Kier alpha value is -1.68. The monoisotopic (exact) mass is 192 g/mol. The number of fused-ring (bicyclic) bond motifs is 1. The molecule has 4 heteroatoms. The van der Waals surface area contributed by atoms with Crippen LogP contribution in [0.3, 0.4) is 0 Å². The van der Waals surface area contributed by atoms with Gasteiger partial charge in [0.1, 0.15) is 17.7 Å². The van der Waals surface area contributed by atoms with Gasteiger partial charge in [0.2, 0.25) is 0 Å². The first-order valence-electron chi connectivity index (χ1n) is 4.46. The summed E-state index contributed by atoms with van der Waals surface area (Å²) in [5.74, 6) is 0.850. The smallest absolute Gasteiger partial charge is 0.157 e. The van der Waals surface area contributed by atoms with Gasteiger partial charge in [-0.25, -0.2) is 0 Å². The van der Waals surface area contributed by atoms with Crippen molar-refractivity contribution in [2.24, 2.45) is 5.73 Å². The molecule has 1 aromatic rings. The summed E-state index contributed by atoms with van der Waals surface area (Å²) in [5.41, 5.74) is 7.08. The zero-order valence-corrected chi connectivity index (χ0v) is 7.66. The van der Waals surface area contributed by atoms with Crippen LogP contribution in [0.15, 0.2) is 24.6 Å². The molecular weight excluding hydrogens is 180 g/mol. The van der Waals surface area contributed by atoms with Crippen LogP contribution in [0.4, 0.5) is 5.69 Å². The van der Waals surface area contributed by atoms with E-state index in [-0.39, 0.29) is 5.75 Å². The van der Waals surface area contributed by atoms with E-state index in [1.165, 1.54) is 0 Å². The highest BCUT2D eigenvalue weighted by molar-refractivity contribution is 5.70. The number of hydrogen-bond acceptors (Lipinski definition) is 4. The lowest BCUT2D eigenvalue weighted by molar-refractivity contribution is 0.449. The molecule has 0 atom stereocenters. The lowest BCUT2D eigenvalue weighted by atomic mass is 10.1. The molecule has 0 aliphatic carbocycles. The van der Waals surface area contributed by atoms with Crippen molar-refractivity contribution in [3.8, 4) is 11.5 Å². The van der Waals surface area contributed by atoms with Gasteiger partial charge >= 0.3 is 0 Å². The Balaban J connectivity index is 2.45. The molecule has 1 heterocycles. The average molecular weight is 192 g/mol. The Kier molecular flexibility index (Phi) is 2.28. The molecule has 1 aliphatic rings. The lowest BCUT2D eigenvalue weighted by Gasteiger charge is -2.17. The summed E-state index contributed by atoms with van der Waals surface area (Å²) in [6, 6.07) is 3.46. The van der Waals surface area contributed by atoms with Gasteiger partial charge in [-0.2, -0.15) is 0 Å². The maximum Gasteiger partial charge on any atom is 0.157 e. The topological polar surface area (TPSA) is 67.5 Å².